The summed E-state index contributed by atoms with van der Waals surface area (Å²) in [6.45, 7) is 11.8. The highest BCUT2D eigenvalue weighted by molar-refractivity contribution is 5.45. The zero-order valence-electron chi connectivity index (χ0n) is 17.6. The Balaban J connectivity index is 1.75. The molecule has 0 aliphatic heterocycles. The lowest BCUT2D eigenvalue weighted by Crippen LogP contribution is -2.15. The molecule has 0 spiro atoms. The molecule has 2 heteroatoms. The third-order valence-electron chi connectivity index (χ3n) is 4.50. The van der Waals surface area contributed by atoms with Crippen molar-refractivity contribution >= 4 is 0 Å². The van der Waals surface area contributed by atoms with E-state index in [-0.39, 0.29) is 0 Å². The van der Waals surface area contributed by atoms with Crippen molar-refractivity contribution in [3.05, 3.63) is 102 Å². The summed E-state index contributed by atoms with van der Waals surface area (Å²) in [4.78, 5) is 0. The molecule has 0 unspecified atom stereocenters. The van der Waals surface area contributed by atoms with Gasteiger partial charge in [0.25, 0.3) is 0 Å². The van der Waals surface area contributed by atoms with Crippen molar-refractivity contribution in [2.45, 2.75) is 32.7 Å². The first-order valence-corrected chi connectivity index (χ1v) is 10.1. The van der Waals surface area contributed by atoms with Crippen LogP contribution in [0.3, 0.4) is 0 Å². The summed E-state index contributed by atoms with van der Waals surface area (Å²) in [5, 5.41) is 3.38. The second-order valence-corrected chi connectivity index (χ2v) is 7.02. The lowest BCUT2D eigenvalue weighted by Gasteiger charge is -2.06. The van der Waals surface area contributed by atoms with Gasteiger partial charge in [-0.2, -0.15) is 0 Å². The summed E-state index contributed by atoms with van der Waals surface area (Å²) in [5.41, 5.74) is 5.35. The first kappa shape index (κ1) is 22.3. The molecule has 0 aliphatic rings. The van der Waals surface area contributed by atoms with Gasteiger partial charge in [0.2, 0.25) is 0 Å². The number of unbranched alkanes of at least 4 members (excludes halogenated alkanes) is 1. The van der Waals surface area contributed by atoms with Crippen molar-refractivity contribution in [3.8, 4) is 17.6 Å². The Labute approximate surface area is 176 Å². The largest absolute Gasteiger partial charge is 0.497 e. The van der Waals surface area contributed by atoms with Gasteiger partial charge < -0.3 is 10.1 Å². The number of hydrogen-bond donors (Lipinski definition) is 1. The van der Waals surface area contributed by atoms with Gasteiger partial charge in [0, 0.05) is 24.2 Å². The first-order chi connectivity index (χ1) is 14.1. The predicted octanol–water partition coefficient (Wildman–Crippen LogP) is 5.85. The van der Waals surface area contributed by atoms with Crippen LogP contribution < -0.4 is 10.1 Å². The van der Waals surface area contributed by atoms with E-state index in [9.17, 15) is 0 Å². The molecular weight excluding hydrogens is 354 g/mol. The van der Waals surface area contributed by atoms with Crippen molar-refractivity contribution in [1.82, 2.24) is 5.32 Å². The average molecular weight is 386 g/mol. The van der Waals surface area contributed by atoms with Crippen LogP contribution in [0.15, 0.2) is 85.0 Å². The Bertz CT molecular complexity index is 877. The number of allylic oxidation sites excluding steroid dienone is 2. The summed E-state index contributed by atoms with van der Waals surface area (Å²) in [6.07, 6.45) is 7.46. The fourth-order valence-corrected chi connectivity index (χ4v) is 2.72. The van der Waals surface area contributed by atoms with E-state index < -0.39 is 0 Å². The normalized spacial score (nSPS) is 10.4. The van der Waals surface area contributed by atoms with Gasteiger partial charge in [-0.15, -0.1) is 0 Å². The van der Waals surface area contributed by atoms with Crippen molar-refractivity contribution in [3.63, 3.8) is 0 Å². The Morgan fingerprint density at radius 3 is 2.34 bits per heavy atom. The number of methoxy groups -OCH3 is 1. The number of hydrogen-bond acceptors (Lipinski definition) is 2. The van der Waals surface area contributed by atoms with Gasteiger partial charge in [0.15, 0.2) is 0 Å². The number of benzene rings is 2. The Morgan fingerprint density at radius 1 is 1.00 bits per heavy atom. The van der Waals surface area contributed by atoms with Crippen molar-refractivity contribution in [1.29, 1.82) is 0 Å². The molecule has 1 N–H and O–H groups in total. The van der Waals surface area contributed by atoms with Gasteiger partial charge in [0.1, 0.15) is 5.75 Å². The molecule has 2 aromatic carbocycles. The monoisotopic (exact) mass is 385 g/mol. The zero-order valence-corrected chi connectivity index (χ0v) is 17.6. The maximum atomic E-state index is 5.17. The maximum Gasteiger partial charge on any atom is 0.118 e. The van der Waals surface area contributed by atoms with E-state index in [0.717, 1.165) is 35.4 Å². The standard InChI is InChI=1S/C27H31NO/c1-5-6-7-24-12-14-25(15-13-24)11-10-22(2)8-9-23(3)20-28-21-26-16-18-27(29-4)19-17-26/h8-9,12-19,28H,2-3,5-7,20-21H2,1,4H3/b9-8-. The first-order valence-electron chi connectivity index (χ1n) is 10.1. The minimum Gasteiger partial charge on any atom is -0.497 e. The highest BCUT2D eigenvalue weighted by atomic mass is 16.5. The van der Waals surface area contributed by atoms with Crippen LogP contribution in [0.25, 0.3) is 0 Å². The van der Waals surface area contributed by atoms with Crippen molar-refractivity contribution < 1.29 is 4.74 Å². The molecule has 2 rings (SSSR count). The summed E-state index contributed by atoms with van der Waals surface area (Å²) in [6, 6.07) is 16.5. The van der Waals surface area contributed by atoms with E-state index >= 15 is 0 Å². The fourth-order valence-electron chi connectivity index (χ4n) is 2.72. The molecule has 0 atom stereocenters. The van der Waals surface area contributed by atoms with Gasteiger partial charge in [-0.1, -0.05) is 68.7 Å². The summed E-state index contributed by atoms with van der Waals surface area (Å²) >= 11 is 0. The van der Waals surface area contributed by atoms with E-state index in [1.54, 1.807) is 7.11 Å². The molecule has 2 aromatic rings. The second-order valence-electron chi connectivity index (χ2n) is 7.02. The van der Waals surface area contributed by atoms with Crippen LogP contribution in [-0.4, -0.2) is 13.7 Å². The molecule has 0 saturated carbocycles. The van der Waals surface area contributed by atoms with Crippen molar-refractivity contribution in [2.24, 2.45) is 0 Å². The Morgan fingerprint density at radius 2 is 1.69 bits per heavy atom. The molecule has 0 aliphatic carbocycles. The third-order valence-corrected chi connectivity index (χ3v) is 4.50. The number of ether oxygens (including phenoxy) is 1. The third kappa shape index (κ3) is 8.68. The minimum absolute atomic E-state index is 0.711. The van der Waals surface area contributed by atoms with E-state index in [1.165, 1.54) is 24.0 Å². The lowest BCUT2D eigenvalue weighted by atomic mass is 10.1. The summed E-state index contributed by atoms with van der Waals surface area (Å²) in [5.74, 6) is 7.14. The second kappa shape index (κ2) is 12.4. The van der Waals surface area contributed by atoms with Gasteiger partial charge in [-0.25, -0.2) is 0 Å². The molecule has 0 amide bonds. The van der Waals surface area contributed by atoms with Gasteiger partial charge in [0.05, 0.1) is 7.11 Å². The van der Waals surface area contributed by atoms with Gasteiger partial charge in [-0.3, -0.25) is 0 Å². The predicted molar refractivity (Wildman–Crippen MR) is 124 cm³/mol. The lowest BCUT2D eigenvalue weighted by molar-refractivity contribution is 0.414. The quantitative estimate of drug-likeness (QED) is 0.409. The minimum atomic E-state index is 0.711. The molecule has 150 valence electrons. The molecule has 29 heavy (non-hydrogen) atoms. The molecule has 0 aromatic heterocycles. The van der Waals surface area contributed by atoms with Crippen LogP contribution in [-0.2, 0) is 13.0 Å². The van der Waals surface area contributed by atoms with Gasteiger partial charge >= 0.3 is 0 Å². The van der Waals surface area contributed by atoms with E-state index in [4.69, 9.17) is 4.74 Å². The molecule has 0 radical (unpaired) electrons. The number of aryl methyl sites for hydroxylation is 1. The fraction of sp³-hybridized carbons (Fsp3) is 0.259. The molecule has 0 bridgehead atoms. The van der Waals surface area contributed by atoms with Crippen LogP contribution in [0.1, 0.15) is 36.5 Å². The maximum absolute atomic E-state index is 5.17. The van der Waals surface area contributed by atoms with Crippen LogP contribution in [0.4, 0.5) is 0 Å². The Kier molecular flexibility index (Phi) is 9.55. The van der Waals surface area contributed by atoms with E-state index in [0.29, 0.717) is 6.54 Å². The molecule has 2 nitrogen and oxygen atoms in total. The molecule has 0 heterocycles. The van der Waals surface area contributed by atoms with Crippen LogP contribution >= 0.6 is 0 Å². The zero-order chi connectivity index (χ0) is 20.9. The Hall–Kier alpha value is -3.02. The van der Waals surface area contributed by atoms with Gasteiger partial charge in [-0.05, 0) is 59.9 Å². The highest BCUT2D eigenvalue weighted by Crippen LogP contribution is 2.11. The molecule has 0 fully saturated rings. The summed E-state index contributed by atoms with van der Waals surface area (Å²) < 4.78 is 5.17. The number of rotatable bonds is 10. The van der Waals surface area contributed by atoms with E-state index in [2.05, 4.69) is 73.6 Å². The average Bonchev–Trinajstić information content (AvgIpc) is 2.76. The SMILES string of the molecule is C=C(C#Cc1ccc(CCCC)cc1)/C=C\C(=C)CNCc1ccc(OC)cc1. The van der Waals surface area contributed by atoms with E-state index in [1.807, 2.05) is 24.3 Å². The van der Waals surface area contributed by atoms with Crippen LogP contribution in [0.2, 0.25) is 0 Å². The van der Waals surface area contributed by atoms with Crippen LogP contribution in [0, 0.1) is 11.8 Å². The highest BCUT2D eigenvalue weighted by Gasteiger charge is 1.95. The van der Waals surface area contributed by atoms with Crippen LogP contribution in [0.5, 0.6) is 5.75 Å². The van der Waals surface area contributed by atoms with Crippen molar-refractivity contribution in [2.75, 3.05) is 13.7 Å². The molecule has 0 saturated heterocycles. The number of nitrogens with one attached hydrogen (secondary N) is 1. The smallest absolute Gasteiger partial charge is 0.118 e. The molecular formula is C27H31NO. The summed E-state index contributed by atoms with van der Waals surface area (Å²) in [7, 11) is 1.67. The topological polar surface area (TPSA) is 21.3 Å².